The quantitative estimate of drug-likeness (QED) is 0.824. The van der Waals surface area contributed by atoms with Crippen molar-refractivity contribution < 1.29 is 9.66 Å². The van der Waals surface area contributed by atoms with Crippen LogP contribution in [0.15, 0.2) is 58.3 Å². The van der Waals surface area contributed by atoms with E-state index in [1.807, 2.05) is 6.07 Å². The van der Waals surface area contributed by atoms with Crippen LogP contribution in [0.3, 0.4) is 0 Å². The molecule has 0 fully saturated rings. The number of rotatable bonds is 2. The summed E-state index contributed by atoms with van der Waals surface area (Å²) in [7, 11) is 0. The monoisotopic (exact) mass is 243 g/mol. The highest BCUT2D eigenvalue weighted by atomic mass is 32.2. The summed E-state index contributed by atoms with van der Waals surface area (Å²) in [4.78, 5) is 1.25. The summed E-state index contributed by atoms with van der Waals surface area (Å²) in [5.41, 5.74) is 0.538. The lowest BCUT2D eigenvalue weighted by atomic mass is 10.2. The van der Waals surface area contributed by atoms with Crippen LogP contribution in [0.25, 0.3) is 0 Å². The van der Waals surface area contributed by atoms with Gasteiger partial charge in [-0.3, -0.25) is 0 Å². The van der Waals surface area contributed by atoms with Crippen LogP contribution in [0.1, 0.15) is 5.56 Å². The zero-order valence-electron chi connectivity index (χ0n) is 8.83. The largest absolute Gasteiger partial charge is 0.606 e. The maximum Gasteiger partial charge on any atom is 0.158 e. The van der Waals surface area contributed by atoms with Gasteiger partial charge in [-0.25, -0.2) is 0 Å². The Bertz CT molecular complexity index is 543. The summed E-state index contributed by atoms with van der Waals surface area (Å²) in [6, 6.07) is 14.8. The lowest BCUT2D eigenvalue weighted by Crippen LogP contribution is -2.01. The molecule has 1 N–H and O–H groups in total. The lowest BCUT2D eigenvalue weighted by Gasteiger charge is -2.09. The molecule has 2 rings (SSSR count). The predicted octanol–water partition coefficient (Wildman–Crippen LogP) is 2.43. The number of phenolic OH excluding ortho intramolecular Hbond substituents is 1. The van der Waals surface area contributed by atoms with E-state index in [2.05, 4.69) is 0 Å². The number of nitrogens with zero attached hydrogens (tertiary/aromatic N) is 1. The molecule has 0 amide bonds. The van der Waals surface area contributed by atoms with Gasteiger partial charge >= 0.3 is 0 Å². The second-order valence-electron chi connectivity index (χ2n) is 3.40. The number of phenols is 1. The SMILES string of the molecule is N#Cc1ccc([S+]([O-])c2ccc(O)cc2)cc1. The van der Waals surface area contributed by atoms with Gasteiger partial charge in [0.05, 0.1) is 11.6 Å². The highest BCUT2D eigenvalue weighted by Gasteiger charge is 2.14. The topological polar surface area (TPSA) is 67.1 Å². The van der Waals surface area contributed by atoms with E-state index in [-0.39, 0.29) is 5.75 Å². The van der Waals surface area contributed by atoms with Gasteiger partial charge in [-0.15, -0.1) is 0 Å². The average Bonchev–Trinajstić information content (AvgIpc) is 2.39. The first-order valence-electron chi connectivity index (χ1n) is 4.91. The molecule has 0 radical (unpaired) electrons. The van der Waals surface area contributed by atoms with Gasteiger partial charge in [-0.1, -0.05) is 0 Å². The molecule has 0 aliphatic rings. The molecule has 2 aromatic carbocycles. The van der Waals surface area contributed by atoms with Crippen LogP contribution in [0.5, 0.6) is 5.75 Å². The van der Waals surface area contributed by atoms with Crippen molar-refractivity contribution in [3.8, 4) is 11.8 Å². The molecule has 1 unspecified atom stereocenters. The average molecular weight is 243 g/mol. The molecular weight excluding hydrogens is 234 g/mol. The zero-order chi connectivity index (χ0) is 12.3. The first-order valence-corrected chi connectivity index (χ1v) is 6.06. The van der Waals surface area contributed by atoms with Gasteiger partial charge in [0.1, 0.15) is 5.75 Å². The Kier molecular flexibility index (Phi) is 3.33. The molecule has 0 saturated carbocycles. The minimum Gasteiger partial charge on any atom is -0.606 e. The van der Waals surface area contributed by atoms with Gasteiger partial charge in [0.25, 0.3) is 0 Å². The third kappa shape index (κ3) is 2.59. The Morgan fingerprint density at radius 1 is 0.941 bits per heavy atom. The second kappa shape index (κ2) is 4.91. The second-order valence-corrected chi connectivity index (χ2v) is 4.88. The number of benzene rings is 2. The van der Waals surface area contributed by atoms with E-state index < -0.39 is 11.2 Å². The van der Waals surface area contributed by atoms with E-state index >= 15 is 0 Å². The van der Waals surface area contributed by atoms with Crippen LogP contribution in [-0.4, -0.2) is 9.66 Å². The molecule has 0 saturated heterocycles. The Balaban J connectivity index is 2.27. The summed E-state index contributed by atoms with van der Waals surface area (Å²) in [5, 5.41) is 17.8. The van der Waals surface area contributed by atoms with Crippen LogP contribution in [0, 0.1) is 11.3 Å². The molecule has 0 spiro atoms. The van der Waals surface area contributed by atoms with Crippen molar-refractivity contribution in [3.05, 3.63) is 54.1 Å². The fraction of sp³-hybridized carbons (Fsp3) is 0. The van der Waals surface area contributed by atoms with Gasteiger partial charge in [-0.05, 0) is 48.5 Å². The summed E-state index contributed by atoms with van der Waals surface area (Å²) in [5.74, 6) is 0.144. The van der Waals surface area contributed by atoms with Crippen molar-refractivity contribution in [1.82, 2.24) is 0 Å². The van der Waals surface area contributed by atoms with Gasteiger partial charge in [-0.2, -0.15) is 5.26 Å². The molecule has 0 aliphatic heterocycles. The first kappa shape index (κ1) is 11.5. The van der Waals surface area contributed by atoms with Crippen molar-refractivity contribution in [2.24, 2.45) is 0 Å². The molecular formula is C13H9NO2S. The Morgan fingerprint density at radius 3 is 1.88 bits per heavy atom. The molecule has 0 aromatic heterocycles. The highest BCUT2D eigenvalue weighted by Crippen LogP contribution is 2.22. The van der Waals surface area contributed by atoms with E-state index in [4.69, 9.17) is 10.4 Å². The van der Waals surface area contributed by atoms with Crippen LogP contribution < -0.4 is 0 Å². The molecule has 4 heteroatoms. The maximum atomic E-state index is 12.1. The van der Waals surface area contributed by atoms with Gasteiger partial charge < -0.3 is 9.66 Å². The molecule has 17 heavy (non-hydrogen) atoms. The van der Waals surface area contributed by atoms with Gasteiger partial charge in [0.15, 0.2) is 9.79 Å². The van der Waals surface area contributed by atoms with E-state index in [9.17, 15) is 4.55 Å². The standard InChI is InChI=1S/C13H9NO2S/c14-9-10-1-5-12(6-2-10)17(16)13-7-3-11(15)4-8-13/h1-8,15H. The van der Waals surface area contributed by atoms with Crippen molar-refractivity contribution in [1.29, 1.82) is 5.26 Å². The summed E-state index contributed by atoms with van der Waals surface area (Å²) >= 11 is -1.29. The molecule has 0 heterocycles. The predicted molar refractivity (Wildman–Crippen MR) is 63.9 cm³/mol. The summed E-state index contributed by atoms with van der Waals surface area (Å²) < 4.78 is 12.1. The first-order chi connectivity index (χ1) is 8.20. The van der Waals surface area contributed by atoms with E-state index in [0.29, 0.717) is 15.4 Å². The van der Waals surface area contributed by atoms with E-state index in [1.54, 1.807) is 36.4 Å². The van der Waals surface area contributed by atoms with Crippen LogP contribution >= 0.6 is 0 Å². The third-order valence-corrected chi connectivity index (χ3v) is 3.65. The third-order valence-electron chi connectivity index (χ3n) is 2.25. The molecule has 2 aromatic rings. The Morgan fingerprint density at radius 2 is 1.41 bits per heavy atom. The van der Waals surface area contributed by atoms with Crippen molar-refractivity contribution in [3.63, 3.8) is 0 Å². The van der Waals surface area contributed by atoms with Crippen molar-refractivity contribution in [2.45, 2.75) is 9.79 Å². The Hall–Kier alpha value is -1.96. The number of hydrogen-bond acceptors (Lipinski definition) is 3. The van der Waals surface area contributed by atoms with Crippen molar-refractivity contribution >= 4 is 11.2 Å². The molecule has 3 nitrogen and oxygen atoms in total. The highest BCUT2D eigenvalue weighted by molar-refractivity contribution is 7.91. The molecule has 0 aliphatic carbocycles. The maximum absolute atomic E-state index is 12.1. The Labute approximate surface area is 102 Å². The summed E-state index contributed by atoms with van der Waals surface area (Å²) in [6.07, 6.45) is 0. The van der Waals surface area contributed by atoms with Gasteiger partial charge in [0, 0.05) is 11.2 Å². The van der Waals surface area contributed by atoms with E-state index in [0.717, 1.165) is 0 Å². The zero-order valence-corrected chi connectivity index (χ0v) is 9.65. The molecule has 0 bridgehead atoms. The lowest BCUT2D eigenvalue weighted by molar-refractivity contribution is 0.474. The van der Waals surface area contributed by atoms with E-state index in [1.165, 1.54) is 12.1 Å². The number of hydrogen-bond donors (Lipinski definition) is 1. The fourth-order valence-electron chi connectivity index (χ4n) is 1.36. The number of aromatic hydroxyl groups is 1. The number of nitriles is 1. The van der Waals surface area contributed by atoms with Crippen LogP contribution in [0.4, 0.5) is 0 Å². The smallest absolute Gasteiger partial charge is 0.158 e. The van der Waals surface area contributed by atoms with Crippen LogP contribution in [-0.2, 0) is 11.2 Å². The van der Waals surface area contributed by atoms with Crippen LogP contribution in [0.2, 0.25) is 0 Å². The van der Waals surface area contributed by atoms with Crippen molar-refractivity contribution in [2.75, 3.05) is 0 Å². The minimum atomic E-state index is -1.29. The minimum absolute atomic E-state index is 0.144. The van der Waals surface area contributed by atoms with Gasteiger partial charge in [0.2, 0.25) is 0 Å². The fourth-order valence-corrected chi connectivity index (χ4v) is 2.40. The summed E-state index contributed by atoms with van der Waals surface area (Å²) in [6.45, 7) is 0. The molecule has 1 atom stereocenters. The normalized spacial score (nSPS) is 11.8. The molecule has 84 valence electrons.